The number of aromatic nitrogens is 2. The number of hydrogen-bond donors (Lipinski definition) is 2. The molecule has 0 bridgehead atoms. The van der Waals surface area contributed by atoms with Crippen molar-refractivity contribution in [1.29, 1.82) is 0 Å². The highest BCUT2D eigenvalue weighted by atomic mass is 127. The second-order valence-electron chi connectivity index (χ2n) is 7.26. The molecule has 0 aliphatic rings. The van der Waals surface area contributed by atoms with Crippen LogP contribution in [-0.4, -0.2) is 28.1 Å². The van der Waals surface area contributed by atoms with Crippen molar-refractivity contribution in [2.45, 2.75) is 59.7 Å². The summed E-state index contributed by atoms with van der Waals surface area (Å²) >= 11 is 0. The Balaban J connectivity index is 0.00000364. The standard InChI is InChI=1S/C21H33N5.HI/c1-5-23-21(25-18(4)7-6-17(2)3)24-14-19-8-10-20(11-9-19)15-26-13-12-22-16-26;/h8-13,16-18H,5-7,14-15H2,1-4H3,(H2,23,24,25);1H. The molecule has 1 unspecified atom stereocenters. The van der Waals surface area contributed by atoms with Crippen molar-refractivity contribution in [3.8, 4) is 0 Å². The number of rotatable bonds is 9. The van der Waals surface area contributed by atoms with Crippen molar-refractivity contribution >= 4 is 29.9 Å². The van der Waals surface area contributed by atoms with Crippen LogP contribution in [-0.2, 0) is 13.1 Å². The number of halogens is 1. The lowest BCUT2D eigenvalue weighted by molar-refractivity contribution is 0.489. The molecule has 150 valence electrons. The molecule has 5 nitrogen and oxygen atoms in total. The molecule has 1 heterocycles. The lowest BCUT2D eigenvalue weighted by atomic mass is 10.0. The van der Waals surface area contributed by atoms with E-state index in [1.807, 2.05) is 12.5 Å². The van der Waals surface area contributed by atoms with E-state index in [1.54, 1.807) is 6.20 Å². The highest BCUT2D eigenvalue weighted by Crippen LogP contribution is 2.08. The van der Waals surface area contributed by atoms with Crippen LogP contribution in [0.5, 0.6) is 0 Å². The van der Waals surface area contributed by atoms with E-state index in [9.17, 15) is 0 Å². The molecule has 2 aromatic rings. The Hall–Kier alpha value is -1.57. The molecular formula is C21H34IN5. The minimum Gasteiger partial charge on any atom is -0.357 e. The van der Waals surface area contributed by atoms with Crippen LogP contribution in [0.15, 0.2) is 48.0 Å². The van der Waals surface area contributed by atoms with Crippen LogP contribution in [0.4, 0.5) is 0 Å². The topological polar surface area (TPSA) is 54.2 Å². The predicted octanol–water partition coefficient (Wildman–Crippen LogP) is 4.43. The van der Waals surface area contributed by atoms with Gasteiger partial charge in [0.25, 0.3) is 0 Å². The van der Waals surface area contributed by atoms with Gasteiger partial charge in [-0.3, -0.25) is 0 Å². The van der Waals surface area contributed by atoms with E-state index >= 15 is 0 Å². The van der Waals surface area contributed by atoms with Crippen molar-refractivity contribution < 1.29 is 0 Å². The predicted molar refractivity (Wildman–Crippen MR) is 125 cm³/mol. The van der Waals surface area contributed by atoms with E-state index in [4.69, 9.17) is 4.99 Å². The molecule has 0 aliphatic carbocycles. The Morgan fingerprint density at radius 2 is 1.81 bits per heavy atom. The van der Waals surface area contributed by atoms with Gasteiger partial charge in [-0.1, -0.05) is 38.1 Å². The fourth-order valence-corrected chi connectivity index (χ4v) is 2.72. The van der Waals surface area contributed by atoms with Crippen molar-refractivity contribution in [2.24, 2.45) is 10.9 Å². The smallest absolute Gasteiger partial charge is 0.191 e. The summed E-state index contributed by atoms with van der Waals surface area (Å²) in [5.74, 6) is 1.63. The van der Waals surface area contributed by atoms with Crippen molar-refractivity contribution in [3.63, 3.8) is 0 Å². The number of nitrogens with one attached hydrogen (secondary N) is 2. The van der Waals surface area contributed by atoms with Crippen molar-refractivity contribution in [1.82, 2.24) is 20.2 Å². The van der Waals surface area contributed by atoms with Gasteiger partial charge in [0, 0.05) is 31.5 Å². The number of aliphatic imine (C=N–C) groups is 1. The maximum atomic E-state index is 4.74. The van der Waals surface area contributed by atoms with E-state index in [2.05, 4.69) is 72.1 Å². The third kappa shape index (κ3) is 9.26. The molecule has 1 aromatic heterocycles. The number of guanidine groups is 1. The summed E-state index contributed by atoms with van der Waals surface area (Å²) < 4.78 is 2.07. The SMILES string of the molecule is CCNC(=NCc1ccc(Cn2ccnc2)cc1)NC(C)CCC(C)C.I. The lowest BCUT2D eigenvalue weighted by Crippen LogP contribution is -2.42. The van der Waals surface area contributed by atoms with Crippen LogP contribution in [0.2, 0.25) is 0 Å². The number of benzene rings is 1. The molecule has 0 fully saturated rings. The van der Waals surface area contributed by atoms with E-state index in [0.717, 1.165) is 31.4 Å². The molecule has 0 saturated heterocycles. The molecule has 27 heavy (non-hydrogen) atoms. The van der Waals surface area contributed by atoms with E-state index < -0.39 is 0 Å². The average molecular weight is 483 g/mol. The first-order valence-corrected chi connectivity index (χ1v) is 9.65. The van der Waals surface area contributed by atoms with Gasteiger partial charge in [-0.05, 0) is 43.7 Å². The molecule has 6 heteroatoms. The Labute approximate surface area is 181 Å². The van der Waals surface area contributed by atoms with Crippen LogP contribution in [0.3, 0.4) is 0 Å². The van der Waals surface area contributed by atoms with Gasteiger partial charge in [0.15, 0.2) is 5.96 Å². The van der Waals surface area contributed by atoms with Gasteiger partial charge in [0.05, 0.1) is 12.9 Å². The summed E-state index contributed by atoms with van der Waals surface area (Å²) in [6.07, 6.45) is 8.01. The van der Waals surface area contributed by atoms with E-state index in [1.165, 1.54) is 17.5 Å². The Kier molecular flexibility index (Phi) is 11.1. The number of imidazole rings is 1. The summed E-state index contributed by atoms with van der Waals surface area (Å²) in [5, 5.41) is 6.85. The van der Waals surface area contributed by atoms with Crippen LogP contribution in [0.1, 0.15) is 51.7 Å². The Morgan fingerprint density at radius 3 is 2.41 bits per heavy atom. The van der Waals surface area contributed by atoms with Crippen LogP contribution < -0.4 is 10.6 Å². The van der Waals surface area contributed by atoms with Crippen LogP contribution in [0.25, 0.3) is 0 Å². The largest absolute Gasteiger partial charge is 0.357 e. The number of hydrogen-bond acceptors (Lipinski definition) is 2. The fourth-order valence-electron chi connectivity index (χ4n) is 2.72. The first-order chi connectivity index (χ1) is 12.6. The molecule has 2 N–H and O–H groups in total. The Morgan fingerprint density at radius 1 is 1.11 bits per heavy atom. The van der Waals surface area contributed by atoms with E-state index in [-0.39, 0.29) is 24.0 Å². The Bertz CT molecular complexity index is 650. The van der Waals surface area contributed by atoms with Gasteiger partial charge >= 0.3 is 0 Å². The minimum atomic E-state index is 0. The van der Waals surface area contributed by atoms with Crippen LogP contribution >= 0.6 is 24.0 Å². The lowest BCUT2D eigenvalue weighted by Gasteiger charge is -2.18. The zero-order valence-corrected chi connectivity index (χ0v) is 19.3. The van der Waals surface area contributed by atoms with Gasteiger partial charge in [0.2, 0.25) is 0 Å². The summed E-state index contributed by atoms with van der Waals surface area (Å²) in [6, 6.07) is 9.06. The van der Waals surface area contributed by atoms with Gasteiger partial charge < -0.3 is 15.2 Å². The molecule has 1 atom stereocenters. The fraction of sp³-hybridized carbons (Fsp3) is 0.524. The second kappa shape index (κ2) is 12.8. The van der Waals surface area contributed by atoms with Crippen molar-refractivity contribution in [3.05, 3.63) is 54.1 Å². The normalized spacial score (nSPS) is 12.6. The quantitative estimate of drug-likeness (QED) is 0.315. The zero-order valence-electron chi connectivity index (χ0n) is 17.0. The number of nitrogens with zero attached hydrogens (tertiary/aromatic N) is 3. The second-order valence-corrected chi connectivity index (χ2v) is 7.26. The molecular weight excluding hydrogens is 449 g/mol. The van der Waals surface area contributed by atoms with Crippen LogP contribution in [0, 0.1) is 5.92 Å². The first kappa shape index (κ1) is 23.5. The summed E-state index contributed by atoms with van der Waals surface area (Å²) in [4.78, 5) is 8.82. The molecule has 1 aromatic carbocycles. The highest BCUT2D eigenvalue weighted by molar-refractivity contribution is 14.0. The zero-order chi connectivity index (χ0) is 18.8. The highest BCUT2D eigenvalue weighted by Gasteiger charge is 2.06. The molecule has 0 amide bonds. The molecule has 0 saturated carbocycles. The summed E-state index contributed by atoms with van der Waals surface area (Å²) in [5.41, 5.74) is 2.48. The van der Waals surface area contributed by atoms with Gasteiger partial charge in [0.1, 0.15) is 0 Å². The molecule has 0 spiro atoms. The van der Waals surface area contributed by atoms with E-state index in [0.29, 0.717) is 12.6 Å². The molecule has 0 aliphatic heterocycles. The van der Waals surface area contributed by atoms with Gasteiger partial charge in [-0.25, -0.2) is 9.98 Å². The summed E-state index contributed by atoms with van der Waals surface area (Å²) in [7, 11) is 0. The third-order valence-electron chi connectivity index (χ3n) is 4.27. The first-order valence-electron chi connectivity index (χ1n) is 9.65. The summed E-state index contributed by atoms with van der Waals surface area (Å²) in [6.45, 7) is 11.2. The third-order valence-corrected chi connectivity index (χ3v) is 4.27. The monoisotopic (exact) mass is 483 g/mol. The van der Waals surface area contributed by atoms with Crippen molar-refractivity contribution in [2.75, 3.05) is 6.54 Å². The maximum Gasteiger partial charge on any atom is 0.191 e. The van der Waals surface area contributed by atoms with Gasteiger partial charge in [-0.15, -0.1) is 24.0 Å². The maximum absolute atomic E-state index is 4.74. The average Bonchev–Trinajstić information content (AvgIpc) is 3.12. The van der Waals surface area contributed by atoms with Gasteiger partial charge in [-0.2, -0.15) is 0 Å². The molecule has 0 radical (unpaired) electrons. The minimum absolute atomic E-state index is 0. The molecule has 2 rings (SSSR count).